The third-order valence-electron chi connectivity index (χ3n) is 1.14. The normalized spacial score (nSPS) is 10.2. The van der Waals surface area contributed by atoms with Crippen molar-refractivity contribution >= 4 is 0 Å². The molecule has 56 valence electrons. The lowest BCUT2D eigenvalue weighted by Crippen LogP contribution is -2.04. The van der Waals surface area contributed by atoms with Crippen molar-refractivity contribution in [3.8, 4) is 0 Å². The van der Waals surface area contributed by atoms with Gasteiger partial charge in [0.2, 0.25) is 0 Å². The van der Waals surface area contributed by atoms with Crippen LogP contribution in [0.5, 0.6) is 0 Å². The third kappa shape index (κ3) is 1.52. The van der Waals surface area contributed by atoms with Gasteiger partial charge in [-0.2, -0.15) is 5.10 Å². The van der Waals surface area contributed by atoms with E-state index in [9.17, 15) is 0 Å². The Bertz CT molecular complexity index is 194. The largest absolute Gasteiger partial charge is 0.330 e. The molecule has 5 nitrogen and oxygen atoms in total. The minimum absolute atomic E-state index is 0.400. The van der Waals surface area contributed by atoms with Crippen molar-refractivity contribution in [2.75, 3.05) is 6.54 Å². The van der Waals surface area contributed by atoms with Crippen molar-refractivity contribution < 1.29 is 0 Å². The summed E-state index contributed by atoms with van der Waals surface area (Å²) in [5, 5.41) is 6.58. The van der Waals surface area contributed by atoms with E-state index in [1.165, 1.54) is 0 Å². The first kappa shape index (κ1) is 7.17. The van der Waals surface area contributed by atoms with Gasteiger partial charge in [-0.1, -0.05) is 0 Å². The molecule has 1 heterocycles. The molecule has 0 amide bonds. The number of H-pyrrole nitrogens is 1. The highest BCUT2D eigenvalue weighted by molar-refractivity contribution is 4.89. The Labute approximate surface area is 58.8 Å². The molecular formula is C5H11N5. The van der Waals surface area contributed by atoms with Gasteiger partial charge in [0.1, 0.15) is 5.82 Å². The summed E-state index contributed by atoms with van der Waals surface area (Å²) in [5.74, 6) is 1.45. The van der Waals surface area contributed by atoms with E-state index >= 15 is 0 Å². The molecule has 0 spiro atoms. The number of nitrogens with zero attached hydrogens (tertiary/aromatic N) is 2. The molecule has 0 saturated carbocycles. The van der Waals surface area contributed by atoms with Gasteiger partial charge in [-0.05, 0) is 6.54 Å². The fraction of sp³-hybridized carbons (Fsp3) is 0.600. The fourth-order valence-electron chi connectivity index (χ4n) is 0.667. The number of aromatic nitrogens is 3. The van der Waals surface area contributed by atoms with E-state index < -0.39 is 0 Å². The zero-order chi connectivity index (χ0) is 7.40. The summed E-state index contributed by atoms with van der Waals surface area (Å²) in [6, 6.07) is 0. The molecule has 0 saturated heterocycles. The van der Waals surface area contributed by atoms with E-state index in [4.69, 9.17) is 11.5 Å². The predicted molar refractivity (Wildman–Crippen MR) is 37.0 cm³/mol. The summed E-state index contributed by atoms with van der Waals surface area (Å²) in [7, 11) is 0. The van der Waals surface area contributed by atoms with E-state index in [2.05, 4.69) is 15.2 Å². The average Bonchev–Trinajstić information content (AvgIpc) is 2.37. The van der Waals surface area contributed by atoms with Crippen LogP contribution in [-0.2, 0) is 13.0 Å². The standard InChI is InChI=1S/C5H11N5/c6-2-1-4-8-5(3-7)10-9-4/h1-3,6-7H2,(H,8,9,10). The maximum atomic E-state index is 5.29. The summed E-state index contributed by atoms with van der Waals surface area (Å²) < 4.78 is 0. The van der Waals surface area contributed by atoms with Crippen molar-refractivity contribution in [2.24, 2.45) is 11.5 Å². The maximum Gasteiger partial charge on any atom is 0.152 e. The second-order valence-electron chi connectivity index (χ2n) is 1.94. The zero-order valence-electron chi connectivity index (χ0n) is 5.67. The van der Waals surface area contributed by atoms with Gasteiger partial charge in [-0.25, -0.2) is 4.98 Å². The molecule has 1 aromatic rings. The number of nitrogens with one attached hydrogen (secondary N) is 1. The predicted octanol–water partition coefficient (Wildman–Crippen LogP) is -1.24. The van der Waals surface area contributed by atoms with Crippen LogP contribution in [0.15, 0.2) is 0 Å². The van der Waals surface area contributed by atoms with Gasteiger partial charge in [0.25, 0.3) is 0 Å². The molecule has 0 aliphatic heterocycles. The molecule has 0 aliphatic carbocycles. The van der Waals surface area contributed by atoms with Crippen molar-refractivity contribution in [3.05, 3.63) is 11.6 Å². The molecule has 0 aromatic carbocycles. The van der Waals surface area contributed by atoms with Crippen LogP contribution in [0.1, 0.15) is 11.6 Å². The smallest absolute Gasteiger partial charge is 0.152 e. The van der Waals surface area contributed by atoms with Crippen LogP contribution in [0.3, 0.4) is 0 Å². The van der Waals surface area contributed by atoms with Gasteiger partial charge in [0.05, 0.1) is 6.54 Å². The van der Waals surface area contributed by atoms with Crippen LogP contribution >= 0.6 is 0 Å². The van der Waals surface area contributed by atoms with Gasteiger partial charge in [-0.3, -0.25) is 5.10 Å². The van der Waals surface area contributed by atoms with Crippen LogP contribution in [0.25, 0.3) is 0 Å². The molecule has 1 rings (SSSR count). The first-order valence-electron chi connectivity index (χ1n) is 3.17. The van der Waals surface area contributed by atoms with Gasteiger partial charge in [0, 0.05) is 6.42 Å². The number of hydrogen-bond donors (Lipinski definition) is 3. The van der Waals surface area contributed by atoms with Crippen LogP contribution in [-0.4, -0.2) is 21.7 Å². The zero-order valence-corrected chi connectivity index (χ0v) is 5.67. The SMILES string of the molecule is NCCc1n[nH]c(CN)n1. The quantitative estimate of drug-likeness (QED) is 0.491. The molecule has 10 heavy (non-hydrogen) atoms. The highest BCUT2D eigenvalue weighted by Crippen LogP contribution is 1.90. The second-order valence-corrected chi connectivity index (χ2v) is 1.94. The van der Waals surface area contributed by atoms with Crippen LogP contribution in [0, 0.1) is 0 Å². The first-order chi connectivity index (χ1) is 4.86. The summed E-state index contributed by atoms with van der Waals surface area (Å²) >= 11 is 0. The van der Waals surface area contributed by atoms with Crippen molar-refractivity contribution in [3.63, 3.8) is 0 Å². The van der Waals surface area contributed by atoms with Crippen LogP contribution in [0.2, 0.25) is 0 Å². The number of rotatable bonds is 3. The van der Waals surface area contributed by atoms with E-state index in [0.29, 0.717) is 25.3 Å². The van der Waals surface area contributed by atoms with Crippen molar-refractivity contribution in [1.29, 1.82) is 0 Å². The first-order valence-corrected chi connectivity index (χ1v) is 3.17. The molecule has 0 atom stereocenters. The highest BCUT2D eigenvalue weighted by atomic mass is 15.2. The minimum Gasteiger partial charge on any atom is -0.330 e. The molecule has 0 bridgehead atoms. The average molecular weight is 141 g/mol. The maximum absolute atomic E-state index is 5.29. The fourth-order valence-corrected chi connectivity index (χ4v) is 0.667. The lowest BCUT2D eigenvalue weighted by Gasteiger charge is -1.85. The Morgan fingerprint density at radius 2 is 2.20 bits per heavy atom. The van der Waals surface area contributed by atoms with Gasteiger partial charge in [0.15, 0.2) is 5.82 Å². The number of hydrogen-bond acceptors (Lipinski definition) is 4. The van der Waals surface area contributed by atoms with E-state index in [1.54, 1.807) is 0 Å². The summed E-state index contributed by atoms with van der Waals surface area (Å²) in [4.78, 5) is 4.05. The summed E-state index contributed by atoms with van der Waals surface area (Å²) in [6.07, 6.45) is 0.705. The van der Waals surface area contributed by atoms with E-state index in [0.717, 1.165) is 5.82 Å². The van der Waals surface area contributed by atoms with E-state index in [1.807, 2.05) is 0 Å². The molecule has 0 fully saturated rings. The van der Waals surface area contributed by atoms with Crippen LogP contribution in [0.4, 0.5) is 0 Å². The third-order valence-corrected chi connectivity index (χ3v) is 1.14. The lowest BCUT2D eigenvalue weighted by atomic mass is 10.4. The minimum atomic E-state index is 0.400. The number of nitrogens with two attached hydrogens (primary N) is 2. The van der Waals surface area contributed by atoms with Gasteiger partial charge in [-0.15, -0.1) is 0 Å². The Kier molecular flexibility index (Phi) is 2.35. The lowest BCUT2D eigenvalue weighted by molar-refractivity contribution is 0.874. The number of aromatic amines is 1. The Morgan fingerprint density at radius 3 is 2.70 bits per heavy atom. The topological polar surface area (TPSA) is 93.6 Å². The molecule has 0 unspecified atom stereocenters. The Morgan fingerprint density at radius 1 is 1.40 bits per heavy atom. The van der Waals surface area contributed by atoms with Crippen LogP contribution < -0.4 is 11.5 Å². The molecular weight excluding hydrogens is 130 g/mol. The molecule has 0 radical (unpaired) electrons. The van der Waals surface area contributed by atoms with Crippen molar-refractivity contribution in [1.82, 2.24) is 15.2 Å². The summed E-state index contributed by atoms with van der Waals surface area (Å²) in [6.45, 7) is 0.972. The van der Waals surface area contributed by atoms with Gasteiger partial charge >= 0.3 is 0 Å². The molecule has 1 aromatic heterocycles. The van der Waals surface area contributed by atoms with Gasteiger partial charge < -0.3 is 11.5 Å². The molecule has 5 heteroatoms. The van der Waals surface area contributed by atoms with E-state index in [-0.39, 0.29) is 0 Å². The molecule has 5 N–H and O–H groups in total. The highest BCUT2D eigenvalue weighted by Gasteiger charge is 1.98. The Balaban J connectivity index is 2.59. The van der Waals surface area contributed by atoms with Crippen molar-refractivity contribution in [2.45, 2.75) is 13.0 Å². The molecule has 0 aliphatic rings. The summed E-state index contributed by atoms with van der Waals surface area (Å²) in [5.41, 5.74) is 10.6. The Hall–Kier alpha value is -0.940. The monoisotopic (exact) mass is 141 g/mol. The second kappa shape index (κ2) is 3.28.